The van der Waals surface area contributed by atoms with E-state index in [2.05, 4.69) is 4.72 Å². The van der Waals surface area contributed by atoms with Crippen molar-refractivity contribution >= 4 is 27.5 Å². The fourth-order valence-electron chi connectivity index (χ4n) is 2.12. The van der Waals surface area contributed by atoms with Crippen LogP contribution in [-0.2, 0) is 20.6 Å². The number of carbonyl (C=O) groups is 1. The number of nitrogens with zero attached hydrogens (tertiary/aromatic N) is 1. The molecule has 0 saturated carbocycles. The van der Waals surface area contributed by atoms with Crippen molar-refractivity contribution in [1.82, 2.24) is 9.62 Å². The maximum atomic E-state index is 11.9. The van der Waals surface area contributed by atoms with Crippen molar-refractivity contribution in [1.29, 1.82) is 0 Å². The van der Waals surface area contributed by atoms with Gasteiger partial charge in [0.25, 0.3) is 0 Å². The molecule has 1 aliphatic heterocycles. The second-order valence-corrected chi connectivity index (χ2v) is 6.97. The molecule has 0 aliphatic carbocycles. The van der Waals surface area contributed by atoms with Crippen LogP contribution in [0.4, 0.5) is 0 Å². The van der Waals surface area contributed by atoms with Gasteiger partial charge in [0, 0.05) is 18.1 Å². The Morgan fingerprint density at radius 3 is 2.55 bits per heavy atom. The van der Waals surface area contributed by atoms with Crippen molar-refractivity contribution in [3.8, 4) is 0 Å². The lowest BCUT2D eigenvalue weighted by Crippen LogP contribution is -2.39. The number of nitrogens with one attached hydrogen (secondary N) is 1. The van der Waals surface area contributed by atoms with E-state index in [0.717, 1.165) is 12.8 Å². The first kappa shape index (κ1) is 15.3. The third-order valence-corrected chi connectivity index (χ3v) is 4.85. The van der Waals surface area contributed by atoms with Gasteiger partial charge in [-0.05, 0) is 24.5 Å². The zero-order valence-corrected chi connectivity index (χ0v) is 12.6. The number of sulfonamides is 1. The number of carbonyl (C=O) groups excluding carboxylic acids is 1. The van der Waals surface area contributed by atoms with Crippen molar-refractivity contribution in [2.45, 2.75) is 18.6 Å². The van der Waals surface area contributed by atoms with E-state index in [1.807, 2.05) is 0 Å². The van der Waals surface area contributed by atoms with Crippen LogP contribution in [0.5, 0.6) is 0 Å². The predicted molar refractivity (Wildman–Crippen MR) is 77.9 cm³/mol. The highest BCUT2D eigenvalue weighted by Gasteiger charge is 2.20. The summed E-state index contributed by atoms with van der Waals surface area (Å²) in [6.07, 6.45) is 1.97. The van der Waals surface area contributed by atoms with E-state index in [9.17, 15) is 13.2 Å². The summed E-state index contributed by atoms with van der Waals surface area (Å²) in [4.78, 5) is 13.5. The average molecular weight is 317 g/mol. The molecule has 2 rings (SSSR count). The largest absolute Gasteiger partial charge is 0.342 e. The Bertz CT molecular complexity index is 583. The van der Waals surface area contributed by atoms with Gasteiger partial charge < -0.3 is 4.90 Å². The van der Waals surface area contributed by atoms with Crippen molar-refractivity contribution < 1.29 is 13.2 Å². The van der Waals surface area contributed by atoms with E-state index in [4.69, 9.17) is 11.6 Å². The van der Waals surface area contributed by atoms with E-state index < -0.39 is 10.0 Å². The second-order valence-electron chi connectivity index (χ2n) is 4.76. The van der Waals surface area contributed by atoms with Gasteiger partial charge in [0.15, 0.2) is 0 Å². The van der Waals surface area contributed by atoms with Gasteiger partial charge in [-0.2, -0.15) is 0 Å². The molecule has 1 fully saturated rings. The van der Waals surface area contributed by atoms with Crippen LogP contribution in [0, 0.1) is 0 Å². The van der Waals surface area contributed by atoms with Crippen molar-refractivity contribution in [3.05, 3.63) is 34.9 Å². The van der Waals surface area contributed by atoms with Gasteiger partial charge >= 0.3 is 0 Å². The fraction of sp³-hybridized carbons (Fsp3) is 0.462. The summed E-state index contributed by atoms with van der Waals surface area (Å²) in [7, 11) is -3.56. The number of hydrogen-bond acceptors (Lipinski definition) is 3. The Morgan fingerprint density at radius 1 is 1.25 bits per heavy atom. The molecule has 1 saturated heterocycles. The molecule has 1 aliphatic rings. The lowest BCUT2D eigenvalue weighted by atomic mass is 10.2. The zero-order valence-electron chi connectivity index (χ0n) is 11.0. The molecule has 0 unspecified atom stereocenters. The van der Waals surface area contributed by atoms with E-state index in [0.29, 0.717) is 23.7 Å². The Balaban J connectivity index is 1.91. The van der Waals surface area contributed by atoms with Crippen LogP contribution in [0.15, 0.2) is 24.3 Å². The maximum absolute atomic E-state index is 11.9. The van der Waals surface area contributed by atoms with Crippen LogP contribution >= 0.6 is 11.6 Å². The summed E-state index contributed by atoms with van der Waals surface area (Å²) in [5.74, 6) is -0.398. The number of likely N-dealkylation sites (tertiary alicyclic amines) is 1. The van der Waals surface area contributed by atoms with Crippen LogP contribution in [0.25, 0.3) is 0 Å². The summed E-state index contributed by atoms with van der Waals surface area (Å²) in [5.41, 5.74) is 0.523. The third kappa shape index (κ3) is 4.19. The molecule has 1 amide bonds. The number of hydrogen-bond donors (Lipinski definition) is 1. The van der Waals surface area contributed by atoms with Gasteiger partial charge in [-0.15, -0.1) is 0 Å². The molecule has 0 radical (unpaired) electrons. The Kier molecular flexibility index (Phi) is 5.01. The standard InChI is InChI=1S/C13H17ClN2O3S/c14-12-6-2-1-5-11(12)10-20(18,19)15-9-13(17)16-7-3-4-8-16/h1-2,5-6,15H,3-4,7-10H2. The average Bonchev–Trinajstić information content (AvgIpc) is 2.93. The molecule has 5 nitrogen and oxygen atoms in total. The monoisotopic (exact) mass is 316 g/mol. The number of benzene rings is 1. The lowest BCUT2D eigenvalue weighted by molar-refractivity contribution is -0.128. The van der Waals surface area contributed by atoms with Crippen LogP contribution in [-0.4, -0.2) is 38.9 Å². The van der Waals surface area contributed by atoms with Crippen LogP contribution < -0.4 is 4.72 Å². The van der Waals surface area contributed by atoms with E-state index in [1.54, 1.807) is 29.2 Å². The van der Waals surface area contributed by atoms with Crippen molar-refractivity contribution in [2.75, 3.05) is 19.6 Å². The molecule has 0 aromatic heterocycles. The molecule has 1 heterocycles. The first-order valence-corrected chi connectivity index (χ1v) is 8.49. The molecule has 0 atom stereocenters. The van der Waals surface area contributed by atoms with Crippen molar-refractivity contribution in [3.63, 3.8) is 0 Å². The van der Waals surface area contributed by atoms with E-state index in [-0.39, 0.29) is 18.2 Å². The van der Waals surface area contributed by atoms with E-state index >= 15 is 0 Å². The summed E-state index contributed by atoms with van der Waals surface area (Å²) in [6, 6.07) is 6.76. The fourth-order valence-corrected chi connectivity index (χ4v) is 3.51. The number of halogens is 1. The Hall–Kier alpha value is -1.11. The second kappa shape index (κ2) is 6.56. The highest BCUT2D eigenvalue weighted by Crippen LogP contribution is 2.17. The molecule has 110 valence electrons. The topological polar surface area (TPSA) is 66.5 Å². The quantitative estimate of drug-likeness (QED) is 0.892. The number of rotatable bonds is 5. The molecule has 1 aromatic carbocycles. The Morgan fingerprint density at radius 2 is 1.90 bits per heavy atom. The molecule has 0 bridgehead atoms. The predicted octanol–water partition coefficient (Wildman–Crippen LogP) is 1.38. The zero-order chi connectivity index (χ0) is 14.6. The molecule has 0 spiro atoms. The molecule has 1 N–H and O–H groups in total. The maximum Gasteiger partial charge on any atom is 0.237 e. The van der Waals surface area contributed by atoms with Gasteiger partial charge in [-0.1, -0.05) is 29.8 Å². The minimum absolute atomic E-state index is 0.176. The first-order valence-electron chi connectivity index (χ1n) is 6.46. The first-order chi connectivity index (χ1) is 9.48. The summed E-state index contributed by atoms with van der Waals surface area (Å²) in [5, 5.41) is 0.406. The van der Waals surface area contributed by atoms with Gasteiger partial charge in [-0.25, -0.2) is 13.1 Å². The molecule has 7 heteroatoms. The minimum Gasteiger partial charge on any atom is -0.342 e. The molecular weight excluding hydrogens is 300 g/mol. The van der Waals surface area contributed by atoms with Gasteiger partial charge in [0.05, 0.1) is 12.3 Å². The smallest absolute Gasteiger partial charge is 0.237 e. The summed E-state index contributed by atoms with van der Waals surface area (Å²) in [6.45, 7) is 1.24. The highest BCUT2D eigenvalue weighted by atomic mass is 35.5. The van der Waals surface area contributed by atoms with Gasteiger partial charge in [-0.3, -0.25) is 4.79 Å². The van der Waals surface area contributed by atoms with Gasteiger partial charge in [0.2, 0.25) is 15.9 Å². The van der Waals surface area contributed by atoms with Crippen LogP contribution in [0.1, 0.15) is 18.4 Å². The van der Waals surface area contributed by atoms with Crippen LogP contribution in [0.2, 0.25) is 5.02 Å². The minimum atomic E-state index is -3.56. The summed E-state index contributed by atoms with van der Waals surface area (Å²) >= 11 is 5.93. The lowest BCUT2D eigenvalue weighted by Gasteiger charge is -2.15. The molecule has 1 aromatic rings. The molecular formula is C13H17ClN2O3S. The Labute approximate surface area is 124 Å². The van der Waals surface area contributed by atoms with E-state index in [1.165, 1.54) is 0 Å². The van der Waals surface area contributed by atoms with Gasteiger partial charge in [0.1, 0.15) is 0 Å². The van der Waals surface area contributed by atoms with Crippen LogP contribution in [0.3, 0.4) is 0 Å². The third-order valence-electron chi connectivity index (χ3n) is 3.21. The normalized spacial score (nSPS) is 15.6. The molecule has 20 heavy (non-hydrogen) atoms. The summed E-state index contributed by atoms with van der Waals surface area (Å²) < 4.78 is 26.2. The SMILES string of the molecule is O=C(CNS(=O)(=O)Cc1ccccc1Cl)N1CCCC1. The number of amides is 1. The highest BCUT2D eigenvalue weighted by molar-refractivity contribution is 7.88. The van der Waals surface area contributed by atoms with Crippen molar-refractivity contribution in [2.24, 2.45) is 0 Å².